The van der Waals surface area contributed by atoms with Crippen molar-refractivity contribution in [2.75, 3.05) is 33.2 Å². The predicted octanol–water partition coefficient (Wildman–Crippen LogP) is 1.72. The van der Waals surface area contributed by atoms with Crippen molar-refractivity contribution < 1.29 is 14.4 Å². The average molecular weight is 495 g/mol. The molecule has 35 heavy (non-hydrogen) atoms. The first-order chi connectivity index (χ1) is 16.9. The third-order valence-electron chi connectivity index (χ3n) is 6.80. The monoisotopic (exact) mass is 494 g/mol. The van der Waals surface area contributed by atoms with E-state index in [-0.39, 0.29) is 23.9 Å². The summed E-state index contributed by atoms with van der Waals surface area (Å²) in [6.07, 6.45) is 2.34. The number of rotatable bonds is 6. The van der Waals surface area contributed by atoms with Gasteiger partial charge in [0.1, 0.15) is 12.0 Å². The summed E-state index contributed by atoms with van der Waals surface area (Å²) in [4.78, 5) is 50.5. The molecule has 9 nitrogen and oxygen atoms in total. The molecule has 10 heteroatoms. The van der Waals surface area contributed by atoms with Gasteiger partial charge in [0, 0.05) is 48.4 Å². The number of hydrogen-bond acceptors (Lipinski definition) is 7. The highest BCUT2D eigenvalue weighted by Gasteiger charge is 2.33. The van der Waals surface area contributed by atoms with Gasteiger partial charge in [-0.25, -0.2) is 4.98 Å². The van der Waals surface area contributed by atoms with Crippen LogP contribution in [0, 0.1) is 6.92 Å². The highest BCUT2D eigenvalue weighted by Crippen LogP contribution is 2.25. The molecular formula is C25H30N6O3S. The lowest BCUT2D eigenvalue weighted by Crippen LogP contribution is -2.60. The third-order valence-corrected chi connectivity index (χ3v) is 7.88. The highest BCUT2D eigenvalue weighted by atomic mass is 32.1. The van der Waals surface area contributed by atoms with Crippen molar-refractivity contribution in [1.29, 1.82) is 0 Å². The first kappa shape index (κ1) is 23.7. The van der Waals surface area contributed by atoms with Crippen molar-refractivity contribution >= 4 is 40.3 Å². The fraction of sp³-hybridized carbons (Fsp3) is 0.440. The van der Waals surface area contributed by atoms with Crippen LogP contribution in [0.25, 0.3) is 10.9 Å². The normalized spacial score (nSPS) is 21.0. The Balaban J connectivity index is 1.31. The molecule has 1 saturated heterocycles. The second kappa shape index (κ2) is 9.88. The van der Waals surface area contributed by atoms with E-state index in [9.17, 15) is 14.4 Å². The number of amides is 2. The third kappa shape index (κ3) is 5.14. The van der Waals surface area contributed by atoms with Gasteiger partial charge in [-0.1, -0.05) is 11.6 Å². The molecule has 0 unspecified atom stereocenters. The zero-order valence-electron chi connectivity index (χ0n) is 20.0. The van der Waals surface area contributed by atoms with E-state index in [0.717, 1.165) is 52.8 Å². The van der Waals surface area contributed by atoms with Gasteiger partial charge in [-0.15, -0.1) is 11.3 Å². The first-order valence-electron chi connectivity index (χ1n) is 11.9. The zero-order chi connectivity index (χ0) is 24.5. The fourth-order valence-electron chi connectivity index (χ4n) is 4.88. The minimum Gasteiger partial charge on any atom is -0.351 e. The lowest BCUT2D eigenvalue weighted by Gasteiger charge is -2.38. The van der Waals surface area contributed by atoms with E-state index in [1.54, 1.807) is 0 Å². The second-order valence-electron chi connectivity index (χ2n) is 9.53. The molecule has 2 atom stereocenters. The largest absolute Gasteiger partial charge is 0.351 e. The van der Waals surface area contributed by atoms with Crippen LogP contribution in [-0.2, 0) is 17.8 Å². The number of nitrogens with zero attached hydrogens (tertiary/aromatic N) is 3. The first-order valence-corrected chi connectivity index (χ1v) is 12.8. The summed E-state index contributed by atoms with van der Waals surface area (Å²) in [5.74, 6) is -0.440. The van der Waals surface area contributed by atoms with E-state index in [1.165, 1.54) is 11.3 Å². The Morgan fingerprint density at radius 1 is 1.20 bits per heavy atom. The van der Waals surface area contributed by atoms with Gasteiger partial charge in [0.2, 0.25) is 0 Å². The van der Waals surface area contributed by atoms with Crippen LogP contribution in [0.3, 0.4) is 0 Å². The summed E-state index contributed by atoms with van der Waals surface area (Å²) < 4.78 is 0. The lowest BCUT2D eigenvalue weighted by molar-refractivity contribution is -0.109. The number of nitrogens with one attached hydrogen (secondary N) is 3. The Kier molecular flexibility index (Phi) is 6.68. The summed E-state index contributed by atoms with van der Waals surface area (Å²) in [5, 5.41) is 7.65. The van der Waals surface area contributed by atoms with Crippen molar-refractivity contribution in [1.82, 2.24) is 30.4 Å². The number of benzene rings is 1. The van der Waals surface area contributed by atoms with Crippen LogP contribution in [0.15, 0.2) is 24.3 Å². The second-order valence-corrected chi connectivity index (χ2v) is 10.6. The van der Waals surface area contributed by atoms with Gasteiger partial charge in [-0.3, -0.25) is 14.5 Å². The summed E-state index contributed by atoms with van der Waals surface area (Å²) in [7, 11) is 2.06. The highest BCUT2D eigenvalue weighted by molar-refractivity contribution is 7.13. The molecule has 2 aliphatic rings. The van der Waals surface area contributed by atoms with Crippen molar-refractivity contribution in [3.05, 3.63) is 51.1 Å². The number of aromatic nitrogens is 2. The molecule has 1 aromatic carbocycles. The summed E-state index contributed by atoms with van der Waals surface area (Å²) in [6.45, 7) is 5.20. The van der Waals surface area contributed by atoms with Crippen LogP contribution in [0.1, 0.15) is 42.8 Å². The minimum atomic E-state index is -0.338. The zero-order valence-corrected chi connectivity index (χ0v) is 20.8. The SMILES string of the molecule is Cc1ccc2[nH]c(C(=O)N[C@H]3CCN(CC=O)C[C@H]3NC(=O)c3nc4c(s3)CN(C)CC4)cc2c1. The van der Waals surface area contributed by atoms with E-state index >= 15 is 0 Å². The van der Waals surface area contributed by atoms with E-state index in [1.807, 2.05) is 36.1 Å². The molecule has 0 bridgehead atoms. The summed E-state index contributed by atoms with van der Waals surface area (Å²) >= 11 is 1.44. The molecule has 5 rings (SSSR count). The van der Waals surface area contributed by atoms with Crippen molar-refractivity contribution in [3.8, 4) is 0 Å². The fourth-order valence-corrected chi connectivity index (χ4v) is 5.97. The maximum absolute atomic E-state index is 13.1. The van der Waals surface area contributed by atoms with Crippen LogP contribution in [0.5, 0.6) is 0 Å². The van der Waals surface area contributed by atoms with Crippen molar-refractivity contribution in [3.63, 3.8) is 0 Å². The summed E-state index contributed by atoms with van der Waals surface area (Å²) in [5.41, 5.74) is 3.53. The quantitative estimate of drug-likeness (QED) is 0.450. The molecule has 2 amide bonds. The molecule has 4 heterocycles. The molecule has 184 valence electrons. The number of fused-ring (bicyclic) bond motifs is 2. The van der Waals surface area contributed by atoms with Crippen LogP contribution >= 0.6 is 11.3 Å². The summed E-state index contributed by atoms with van der Waals surface area (Å²) in [6, 6.07) is 7.26. The van der Waals surface area contributed by atoms with Gasteiger partial charge >= 0.3 is 0 Å². The van der Waals surface area contributed by atoms with Gasteiger partial charge in [-0.05, 0) is 38.6 Å². The Hall–Kier alpha value is -3.08. The molecule has 3 aromatic rings. The van der Waals surface area contributed by atoms with Gasteiger partial charge < -0.3 is 25.3 Å². The number of carbonyl (C=O) groups is 3. The maximum atomic E-state index is 13.1. The average Bonchev–Trinajstić information content (AvgIpc) is 3.44. The Bertz CT molecular complexity index is 1270. The van der Waals surface area contributed by atoms with E-state index in [0.29, 0.717) is 36.8 Å². The van der Waals surface area contributed by atoms with E-state index in [2.05, 4.69) is 32.5 Å². The number of hydrogen-bond donors (Lipinski definition) is 3. The van der Waals surface area contributed by atoms with Crippen molar-refractivity contribution in [2.24, 2.45) is 0 Å². The van der Waals surface area contributed by atoms with E-state index in [4.69, 9.17) is 0 Å². The lowest BCUT2D eigenvalue weighted by atomic mass is 9.98. The number of aromatic amines is 1. The molecule has 3 N–H and O–H groups in total. The van der Waals surface area contributed by atoms with Crippen LogP contribution in [0.2, 0.25) is 0 Å². The number of carbonyl (C=O) groups excluding carboxylic acids is 3. The number of thiazole rings is 1. The van der Waals surface area contributed by atoms with Crippen LogP contribution < -0.4 is 10.6 Å². The Labute approximate surface area is 207 Å². The topological polar surface area (TPSA) is 110 Å². The van der Waals surface area contributed by atoms with Gasteiger partial charge in [0.25, 0.3) is 11.8 Å². The number of aldehydes is 1. The standard InChI is InChI=1S/C25H30N6O3S/c1-15-3-4-17-16(11-15)12-20(26-17)23(33)27-18-6-8-31(9-10-32)13-21(18)28-24(34)25-29-19-5-7-30(2)14-22(19)35-25/h3-4,10-12,18,21,26H,5-9,13-14H2,1-2H3,(H,27,33)(H,28,34)/t18-,21+/m0/s1. The van der Waals surface area contributed by atoms with Crippen molar-refractivity contribution in [2.45, 2.75) is 38.4 Å². The number of H-pyrrole nitrogens is 1. The van der Waals surface area contributed by atoms with Gasteiger partial charge in [0.05, 0.1) is 24.3 Å². The molecule has 0 saturated carbocycles. The molecule has 0 aliphatic carbocycles. The molecule has 0 radical (unpaired) electrons. The molecule has 2 aromatic heterocycles. The van der Waals surface area contributed by atoms with Gasteiger partial charge in [-0.2, -0.15) is 0 Å². The van der Waals surface area contributed by atoms with E-state index < -0.39 is 0 Å². The Morgan fingerprint density at radius 2 is 2.03 bits per heavy atom. The van der Waals surface area contributed by atoms with Gasteiger partial charge in [0.15, 0.2) is 5.01 Å². The molecule has 2 aliphatic heterocycles. The number of aryl methyl sites for hydroxylation is 1. The number of likely N-dealkylation sites (N-methyl/N-ethyl adjacent to an activating group) is 1. The number of piperidine rings is 1. The van der Waals surface area contributed by atoms with Crippen LogP contribution in [0.4, 0.5) is 0 Å². The molecular weight excluding hydrogens is 464 g/mol. The minimum absolute atomic E-state index is 0.209. The van der Waals surface area contributed by atoms with Crippen LogP contribution in [-0.4, -0.2) is 83.2 Å². The maximum Gasteiger partial charge on any atom is 0.280 e. The Morgan fingerprint density at radius 3 is 2.86 bits per heavy atom. The molecule has 0 spiro atoms. The smallest absolute Gasteiger partial charge is 0.280 e. The number of likely N-dealkylation sites (tertiary alicyclic amines) is 1. The molecule has 1 fully saturated rings. The predicted molar refractivity (Wildman–Crippen MR) is 135 cm³/mol.